The number of rotatable bonds is 6. The average molecular weight is 421 g/mol. The molecule has 4 rings (SSSR count). The molecule has 6 heteroatoms. The van der Waals surface area contributed by atoms with Gasteiger partial charge in [0.2, 0.25) is 5.91 Å². The number of thioether (sulfide) groups is 1. The molecular formula is C23H20N2O2S2. The van der Waals surface area contributed by atoms with Crippen molar-refractivity contribution in [2.24, 2.45) is 0 Å². The lowest BCUT2D eigenvalue weighted by molar-refractivity contribution is -0.115. The molecule has 4 nitrogen and oxygen atoms in total. The number of benzene rings is 3. The number of anilines is 2. The fourth-order valence-electron chi connectivity index (χ4n) is 3.00. The Balaban J connectivity index is 1.64. The van der Waals surface area contributed by atoms with Gasteiger partial charge in [-0.2, -0.15) is 0 Å². The number of ether oxygens (including phenoxy) is 1. The zero-order valence-electron chi connectivity index (χ0n) is 16.2. The summed E-state index contributed by atoms with van der Waals surface area (Å²) in [4.78, 5) is 20.8. The van der Waals surface area contributed by atoms with Crippen LogP contribution in [-0.4, -0.2) is 23.8 Å². The van der Waals surface area contributed by atoms with E-state index in [9.17, 15) is 4.79 Å². The van der Waals surface area contributed by atoms with Gasteiger partial charge >= 0.3 is 0 Å². The van der Waals surface area contributed by atoms with Crippen LogP contribution < -0.4 is 9.64 Å². The summed E-state index contributed by atoms with van der Waals surface area (Å²) in [7, 11) is 1.64. The van der Waals surface area contributed by atoms with E-state index < -0.39 is 0 Å². The summed E-state index contributed by atoms with van der Waals surface area (Å²) in [5.41, 5.74) is 2.81. The minimum atomic E-state index is -0.000765. The smallest absolute Gasteiger partial charge is 0.243 e. The molecule has 0 fully saturated rings. The van der Waals surface area contributed by atoms with E-state index in [1.165, 1.54) is 23.1 Å². The van der Waals surface area contributed by atoms with Gasteiger partial charge in [-0.3, -0.25) is 9.69 Å². The summed E-state index contributed by atoms with van der Waals surface area (Å²) in [5.74, 6) is 1.12. The van der Waals surface area contributed by atoms with Crippen LogP contribution in [0.4, 0.5) is 10.8 Å². The quantitative estimate of drug-likeness (QED) is 0.355. The van der Waals surface area contributed by atoms with Gasteiger partial charge in [0.15, 0.2) is 5.13 Å². The Morgan fingerprint density at radius 2 is 1.76 bits per heavy atom. The molecule has 0 saturated carbocycles. The number of hydrogen-bond acceptors (Lipinski definition) is 5. The number of methoxy groups -OCH3 is 1. The first-order valence-corrected chi connectivity index (χ1v) is 11.0. The molecule has 0 N–H and O–H groups in total. The second-order valence-electron chi connectivity index (χ2n) is 6.44. The second-order valence-corrected chi connectivity index (χ2v) is 8.50. The minimum absolute atomic E-state index is 0.000765. The predicted octanol–water partition coefficient (Wildman–Crippen LogP) is 6.07. The molecule has 1 amide bonds. The summed E-state index contributed by atoms with van der Waals surface area (Å²) < 4.78 is 6.27. The normalized spacial score (nSPS) is 10.8. The van der Waals surface area contributed by atoms with E-state index >= 15 is 0 Å². The van der Waals surface area contributed by atoms with E-state index in [-0.39, 0.29) is 5.91 Å². The largest absolute Gasteiger partial charge is 0.497 e. The highest BCUT2D eigenvalue weighted by Gasteiger charge is 2.23. The van der Waals surface area contributed by atoms with Crippen molar-refractivity contribution >= 4 is 50.0 Å². The highest BCUT2D eigenvalue weighted by atomic mass is 32.2. The molecule has 3 aromatic carbocycles. The fourth-order valence-corrected chi connectivity index (χ4v) is 4.74. The topological polar surface area (TPSA) is 42.4 Å². The third-order valence-electron chi connectivity index (χ3n) is 4.50. The lowest BCUT2D eigenvalue weighted by Gasteiger charge is -2.21. The van der Waals surface area contributed by atoms with Crippen LogP contribution in [0.1, 0.15) is 5.56 Å². The Morgan fingerprint density at radius 1 is 1.03 bits per heavy atom. The van der Waals surface area contributed by atoms with Crippen LogP contribution in [0, 0.1) is 6.92 Å². The van der Waals surface area contributed by atoms with Crippen LogP contribution in [-0.2, 0) is 4.79 Å². The monoisotopic (exact) mass is 420 g/mol. The van der Waals surface area contributed by atoms with Crippen LogP contribution >= 0.6 is 23.1 Å². The number of para-hydroxylation sites is 2. The highest BCUT2D eigenvalue weighted by Crippen LogP contribution is 2.35. The van der Waals surface area contributed by atoms with Gasteiger partial charge in [0.1, 0.15) is 5.75 Å². The van der Waals surface area contributed by atoms with Gasteiger partial charge in [-0.1, -0.05) is 41.7 Å². The number of amides is 1. The average Bonchev–Trinajstić information content (AvgIpc) is 3.18. The Bertz CT molecular complexity index is 1110. The Kier molecular flexibility index (Phi) is 5.83. The standard InChI is InChI=1S/C23H20N2O2S2/c1-16-7-3-5-9-20(16)25(23-24-19-8-4-6-10-21(19)29-23)22(26)15-28-18-13-11-17(27-2)12-14-18/h3-14H,15H2,1-2H3. The number of carbonyl (C=O) groups excluding carboxylic acids is 1. The van der Waals surface area contributed by atoms with Crippen LogP contribution in [0.3, 0.4) is 0 Å². The first-order valence-electron chi connectivity index (χ1n) is 9.17. The van der Waals surface area contributed by atoms with E-state index in [1.54, 1.807) is 12.0 Å². The van der Waals surface area contributed by atoms with E-state index in [0.717, 1.165) is 32.1 Å². The molecule has 1 heterocycles. The molecule has 0 aliphatic carbocycles. The predicted molar refractivity (Wildman–Crippen MR) is 122 cm³/mol. The van der Waals surface area contributed by atoms with Crippen molar-refractivity contribution in [1.29, 1.82) is 0 Å². The summed E-state index contributed by atoms with van der Waals surface area (Å²) in [6.45, 7) is 2.01. The third-order valence-corrected chi connectivity index (χ3v) is 6.52. The lowest BCUT2D eigenvalue weighted by atomic mass is 10.2. The molecule has 4 aromatic rings. The Morgan fingerprint density at radius 3 is 2.48 bits per heavy atom. The van der Waals surface area contributed by atoms with Gasteiger partial charge in [0.05, 0.1) is 28.8 Å². The first-order chi connectivity index (χ1) is 14.2. The molecular weight excluding hydrogens is 400 g/mol. The Hall–Kier alpha value is -2.83. The van der Waals surface area contributed by atoms with E-state index in [4.69, 9.17) is 9.72 Å². The van der Waals surface area contributed by atoms with E-state index in [2.05, 4.69) is 0 Å². The SMILES string of the molecule is COc1ccc(SCC(=O)N(c2nc3ccccc3s2)c2ccccc2C)cc1. The number of aryl methyl sites for hydroxylation is 1. The molecule has 146 valence electrons. The number of thiazole rings is 1. The zero-order valence-corrected chi connectivity index (χ0v) is 17.8. The van der Waals surface area contributed by atoms with Gasteiger partial charge in [-0.05, 0) is 55.0 Å². The highest BCUT2D eigenvalue weighted by molar-refractivity contribution is 8.00. The van der Waals surface area contributed by atoms with Crippen LogP contribution in [0.5, 0.6) is 5.75 Å². The molecule has 0 saturated heterocycles. The van der Waals surface area contributed by atoms with Crippen LogP contribution in [0.2, 0.25) is 0 Å². The van der Waals surface area contributed by atoms with Crippen molar-refractivity contribution in [3.63, 3.8) is 0 Å². The summed E-state index contributed by atoms with van der Waals surface area (Å²) >= 11 is 3.04. The molecule has 1 aromatic heterocycles. The number of nitrogens with zero attached hydrogens (tertiary/aromatic N) is 2. The molecule has 0 atom stereocenters. The van der Waals surface area contributed by atoms with Crippen molar-refractivity contribution < 1.29 is 9.53 Å². The maximum absolute atomic E-state index is 13.3. The first kappa shape index (κ1) is 19.5. The maximum atomic E-state index is 13.3. The third kappa shape index (κ3) is 4.28. The van der Waals surface area contributed by atoms with Gasteiger partial charge in [0.25, 0.3) is 0 Å². The minimum Gasteiger partial charge on any atom is -0.497 e. The molecule has 0 spiro atoms. The maximum Gasteiger partial charge on any atom is 0.243 e. The molecule has 29 heavy (non-hydrogen) atoms. The van der Waals surface area contributed by atoms with Crippen molar-refractivity contribution in [2.75, 3.05) is 17.8 Å². The summed E-state index contributed by atoms with van der Waals surface area (Å²) in [6, 6.07) is 23.6. The van der Waals surface area contributed by atoms with Crippen molar-refractivity contribution in [3.05, 3.63) is 78.4 Å². The lowest BCUT2D eigenvalue weighted by Crippen LogP contribution is -2.28. The second kappa shape index (κ2) is 8.68. The molecule has 0 radical (unpaired) electrons. The van der Waals surface area contributed by atoms with Crippen molar-refractivity contribution in [1.82, 2.24) is 4.98 Å². The van der Waals surface area contributed by atoms with Gasteiger partial charge in [0, 0.05) is 4.90 Å². The molecule has 0 unspecified atom stereocenters. The molecule has 0 bridgehead atoms. The van der Waals surface area contributed by atoms with Crippen molar-refractivity contribution in [2.45, 2.75) is 11.8 Å². The molecule has 0 aliphatic heterocycles. The van der Waals surface area contributed by atoms with E-state index in [1.807, 2.05) is 79.7 Å². The fraction of sp³-hybridized carbons (Fsp3) is 0.130. The Labute approximate surface area is 178 Å². The number of hydrogen-bond donors (Lipinski definition) is 0. The zero-order chi connectivity index (χ0) is 20.2. The number of fused-ring (bicyclic) bond motifs is 1. The summed E-state index contributed by atoms with van der Waals surface area (Å²) in [5, 5.41) is 0.695. The summed E-state index contributed by atoms with van der Waals surface area (Å²) in [6.07, 6.45) is 0. The van der Waals surface area contributed by atoms with Crippen LogP contribution in [0.25, 0.3) is 10.2 Å². The van der Waals surface area contributed by atoms with Gasteiger partial charge in [-0.25, -0.2) is 4.98 Å². The van der Waals surface area contributed by atoms with E-state index in [0.29, 0.717) is 10.9 Å². The molecule has 0 aliphatic rings. The van der Waals surface area contributed by atoms with Gasteiger partial charge in [-0.15, -0.1) is 11.8 Å². The van der Waals surface area contributed by atoms with Crippen molar-refractivity contribution in [3.8, 4) is 5.75 Å². The number of aromatic nitrogens is 1. The van der Waals surface area contributed by atoms with Crippen LogP contribution in [0.15, 0.2) is 77.7 Å². The number of carbonyl (C=O) groups is 1. The van der Waals surface area contributed by atoms with Gasteiger partial charge < -0.3 is 4.74 Å².